The molecule has 15 heteroatoms. The van der Waals surface area contributed by atoms with Gasteiger partial charge in [-0.3, -0.25) is 14.4 Å². The van der Waals surface area contributed by atoms with Gasteiger partial charge in [-0.2, -0.15) is 5.10 Å². The first kappa shape index (κ1) is 35.0. The molecular formula is C34H43N9O6. The van der Waals surface area contributed by atoms with E-state index in [1.165, 1.54) is 4.80 Å². The second kappa shape index (κ2) is 14.8. The number of carbonyl (C=O) groups excluding carboxylic acids is 3. The van der Waals surface area contributed by atoms with E-state index >= 15 is 0 Å². The minimum atomic E-state index is -0.815. The summed E-state index contributed by atoms with van der Waals surface area (Å²) < 4.78 is 17.5. The third kappa shape index (κ3) is 8.04. The summed E-state index contributed by atoms with van der Waals surface area (Å²) in [6.07, 6.45) is 3.17. The Morgan fingerprint density at radius 2 is 1.86 bits per heavy atom. The summed E-state index contributed by atoms with van der Waals surface area (Å²) >= 11 is 0. The van der Waals surface area contributed by atoms with Crippen LogP contribution in [0.15, 0.2) is 48.8 Å². The van der Waals surface area contributed by atoms with Crippen LogP contribution < -0.4 is 4.90 Å². The lowest BCUT2D eigenvalue weighted by molar-refractivity contribution is -0.0159. The molecule has 0 aliphatic carbocycles. The molecule has 5 rings (SSSR count). The van der Waals surface area contributed by atoms with Crippen molar-refractivity contribution in [1.29, 1.82) is 0 Å². The van der Waals surface area contributed by atoms with Crippen LogP contribution in [0.4, 0.5) is 15.4 Å². The number of tetrazole rings is 1. The van der Waals surface area contributed by atoms with Crippen molar-refractivity contribution in [3.05, 3.63) is 59.9 Å². The Morgan fingerprint density at radius 1 is 1.10 bits per heavy atom. The first-order valence-corrected chi connectivity index (χ1v) is 16.4. The van der Waals surface area contributed by atoms with E-state index in [1.54, 1.807) is 53.0 Å². The van der Waals surface area contributed by atoms with Gasteiger partial charge in [0.1, 0.15) is 17.1 Å². The Hall–Kier alpha value is -5.34. The SMILES string of the molecule is CCOC(=O)OC(CC)n1nnc(-c2c(-c3ccc(C(=O)N(c4ncccc4C)[C@@H]4CCCN(C(=O)OC(C)(C)C)C4)cc3)cnn2C)n1. The Kier molecular flexibility index (Phi) is 10.6. The number of amides is 2. The lowest BCUT2D eigenvalue weighted by atomic mass is 10.0. The van der Waals surface area contributed by atoms with Gasteiger partial charge in [-0.1, -0.05) is 25.1 Å². The molecule has 3 aromatic heterocycles. The fraction of sp³-hybridized carbons (Fsp3) is 0.471. The van der Waals surface area contributed by atoms with Gasteiger partial charge in [-0.05, 0) is 82.0 Å². The minimum absolute atomic E-state index is 0.183. The predicted octanol–water partition coefficient (Wildman–Crippen LogP) is 5.57. The summed E-state index contributed by atoms with van der Waals surface area (Å²) in [6, 6.07) is 10.7. The number of nitrogens with zero attached hydrogens (tertiary/aromatic N) is 9. The van der Waals surface area contributed by atoms with E-state index in [0.717, 1.165) is 23.1 Å². The van der Waals surface area contributed by atoms with E-state index < -0.39 is 24.1 Å². The van der Waals surface area contributed by atoms with Gasteiger partial charge in [0, 0.05) is 43.9 Å². The van der Waals surface area contributed by atoms with E-state index in [0.29, 0.717) is 43.0 Å². The van der Waals surface area contributed by atoms with Gasteiger partial charge in [0.15, 0.2) is 0 Å². The smallest absolute Gasteiger partial charge is 0.444 e. The molecular weight excluding hydrogens is 630 g/mol. The van der Waals surface area contributed by atoms with Crippen LogP contribution >= 0.6 is 0 Å². The van der Waals surface area contributed by atoms with Gasteiger partial charge in [0.25, 0.3) is 5.91 Å². The topological polar surface area (TPSA) is 160 Å². The van der Waals surface area contributed by atoms with Crippen molar-refractivity contribution < 1.29 is 28.6 Å². The summed E-state index contributed by atoms with van der Waals surface area (Å²) in [4.78, 5) is 48.4. The third-order valence-electron chi connectivity index (χ3n) is 7.97. The summed E-state index contributed by atoms with van der Waals surface area (Å²) in [5, 5.41) is 17.2. The first-order valence-electron chi connectivity index (χ1n) is 16.4. The maximum atomic E-state index is 14.3. The van der Waals surface area contributed by atoms with Crippen molar-refractivity contribution in [1.82, 2.24) is 39.9 Å². The van der Waals surface area contributed by atoms with Crippen LogP contribution in [0.2, 0.25) is 0 Å². The summed E-state index contributed by atoms with van der Waals surface area (Å²) in [7, 11) is 1.77. The highest BCUT2D eigenvalue weighted by atomic mass is 16.7. The number of anilines is 1. The fourth-order valence-corrected chi connectivity index (χ4v) is 5.67. The van der Waals surface area contributed by atoms with Crippen LogP contribution in [0, 0.1) is 6.92 Å². The number of piperidine rings is 1. The molecule has 0 saturated carbocycles. The van der Waals surface area contributed by atoms with Gasteiger partial charge >= 0.3 is 12.2 Å². The zero-order valence-corrected chi connectivity index (χ0v) is 29.0. The van der Waals surface area contributed by atoms with E-state index in [1.807, 2.05) is 58.9 Å². The number of aryl methyl sites for hydroxylation is 2. The molecule has 15 nitrogen and oxygen atoms in total. The molecule has 1 aliphatic heterocycles. The molecule has 1 aromatic carbocycles. The largest absolute Gasteiger partial charge is 0.510 e. The van der Waals surface area contributed by atoms with Crippen LogP contribution in [-0.4, -0.2) is 89.4 Å². The molecule has 260 valence electrons. The molecule has 2 atom stereocenters. The summed E-state index contributed by atoms with van der Waals surface area (Å²) in [6.45, 7) is 12.0. The minimum Gasteiger partial charge on any atom is -0.444 e. The molecule has 0 spiro atoms. The molecule has 0 bridgehead atoms. The number of pyridine rings is 1. The second-order valence-corrected chi connectivity index (χ2v) is 12.7. The number of aromatic nitrogens is 7. The van der Waals surface area contributed by atoms with Crippen LogP contribution in [-0.2, 0) is 21.3 Å². The maximum absolute atomic E-state index is 14.3. The molecule has 0 N–H and O–H groups in total. The molecule has 1 unspecified atom stereocenters. The van der Waals surface area contributed by atoms with Crippen molar-refractivity contribution in [2.24, 2.45) is 7.05 Å². The third-order valence-corrected chi connectivity index (χ3v) is 7.97. The number of likely N-dealkylation sites (tertiary alicyclic amines) is 1. The second-order valence-electron chi connectivity index (χ2n) is 12.7. The predicted molar refractivity (Wildman–Crippen MR) is 180 cm³/mol. The van der Waals surface area contributed by atoms with E-state index in [9.17, 15) is 14.4 Å². The number of benzene rings is 1. The standard InChI is InChI=1S/C34H43N9O6/c1-8-27(48-33(46)47-9-2)43-38-29(37-39-43)28-26(20-36-40(28)7)23-14-16-24(17-15-23)31(44)42(30-22(3)12-10-18-35-30)25-13-11-19-41(21-25)32(45)49-34(4,5)6/h10,12,14-18,20,25,27H,8-9,11,13,19,21H2,1-7H3/t25-,27?/m1/s1. The number of carbonyl (C=O) groups is 3. The lowest BCUT2D eigenvalue weighted by Crippen LogP contribution is -2.53. The maximum Gasteiger partial charge on any atom is 0.510 e. The first-order chi connectivity index (χ1) is 23.4. The van der Waals surface area contributed by atoms with Gasteiger partial charge in [-0.15, -0.1) is 15.0 Å². The Bertz CT molecular complexity index is 1780. The van der Waals surface area contributed by atoms with Crippen LogP contribution in [0.5, 0.6) is 0 Å². The zero-order valence-electron chi connectivity index (χ0n) is 29.0. The van der Waals surface area contributed by atoms with Crippen molar-refractivity contribution in [3.63, 3.8) is 0 Å². The Labute approximate surface area is 285 Å². The van der Waals surface area contributed by atoms with Gasteiger partial charge < -0.3 is 19.1 Å². The number of ether oxygens (including phenoxy) is 3. The molecule has 1 aliphatic rings. The molecule has 2 amide bonds. The summed E-state index contributed by atoms with van der Waals surface area (Å²) in [5.74, 6) is 0.603. The highest BCUT2D eigenvalue weighted by Crippen LogP contribution is 2.32. The molecule has 1 saturated heterocycles. The Balaban J connectivity index is 1.41. The van der Waals surface area contributed by atoms with E-state index in [4.69, 9.17) is 14.2 Å². The zero-order chi connectivity index (χ0) is 35.3. The monoisotopic (exact) mass is 673 g/mol. The van der Waals surface area contributed by atoms with Crippen LogP contribution in [0.3, 0.4) is 0 Å². The highest BCUT2D eigenvalue weighted by molar-refractivity contribution is 6.06. The van der Waals surface area contributed by atoms with Crippen molar-refractivity contribution in [2.75, 3.05) is 24.6 Å². The van der Waals surface area contributed by atoms with Crippen molar-refractivity contribution >= 4 is 24.0 Å². The fourth-order valence-electron chi connectivity index (χ4n) is 5.67. The quantitative estimate of drug-likeness (QED) is 0.204. The van der Waals surface area contributed by atoms with Crippen molar-refractivity contribution in [3.8, 4) is 22.6 Å². The highest BCUT2D eigenvalue weighted by Gasteiger charge is 2.35. The average molecular weight is 674 g/mol. The number of rotatable bonds is 9. The Morgan fingerprint density at radius 3 is 2.53 bits per heavy atom. The van der Waals surface area contributed by atoms with Crippen molar-refractivity contribution in [2.45, 2.75) is 78.7 Å². The number of hydrogen-bond donors (Lipinski definition) is 0. The molecule has 0 radical (unpaired) electrons. The molecule has 49 heavy (non-hydrogen) atoms. The summed E-state index contributed by atoms with van der Waals surface area (Å²) in [5.41, 5.74) is 2.76. The van der Waals surface area contributed by atoms with Crippen LogP contribution in [0.1, 0.15) is 76.0 Å². The molecule has 1 fully saturated rings. The van der Waals surface area contributed by atoms with Gasteiger partial charge in [-0.25, -0.2) is 14.6 Å². The molecule has 4 heterocycles. The van der Waals surface area contributed by atoms with Gasteiger partial charge in [0.2, 0.25) is 12.1 Å². The van der Waals surface area contributed by atoms with E-state index in [-0.39, 0.29) is 24.4 Å². The molecule has 4 aromatic rings. The lowest BCUT2D eigenvalue weighted by Gasteiger charge is -2.39. The average Bonchev–Trinajstić information content (AvgIpc) is 3.71. The number of hydrogen-bond acceptors (Lipinski definition) is 11. The van der Waals surface area contributed by atoms with E-state index in [2.05, 4.69) is 25.5 Å². The van der Waals surface area contributed by atoms with Gasteiger partial charge in [0.05, 0.1) is 18.8 Å². The normalized spacial score (nSPS) is 15.4. The van der Waals surface area contributed by atoms with Crippen LogP contribution in [0.25, 0.3) is 22.6 Å².